The lowest BCUT2D eigenvalue weighted by atomic mass is 9.69. The molecule has 0 aromatic carbocycles. The van der Waals surface area contributed by atoms with E-state index in [1.54, 1.807) is 11.9 Å². The van der Waals surface area contributed by atoms with Gasteiger partial charge in [0.15, 0.2) is 5.78 Å². The molecule has 0 bridgehead atoms. The maximum Gasteiger partial charge on any atom is 0.300 e. The Morgan fingerprint density at radius 2 is 1.35 bits per heavy atom. The van der Waals surface area contributed by atoms with E-state index >= 15 is 0 Å². The van der Waals surface area contributed by atoms with E-state index in [1.807, 2.05) is 6.20 Å². The van der Waals surface area contributed by atoms with Crippen LogP contribution in [0.3, 0.4) is 0 Å². The monoisotopic (exact) mass is 553 g/mol. The third kappa shape index (κ3) is 5.94. The van der Waals surface area contributed by atoms with Crippen LogP contribution in [0.1, 0.15) is 113 Å². The zero-order valence-electron chi connectivity index (χ0n) is 26.7. The molecule has 4 aliphatic rings. The van der Waals surface area contributed by atoms with E-state index in [4.69, 9.17) is 9.90 Å². The Morgan fingerprint density at radius 3 is 1.82 bits per heavy atom. The van der Waals surface area contributed by atoms with Crippen molar-refractivity contribution in [1.29, 1.82) is 0 Å². The van der Waals surface area contributed by atoms with E-state index in [2.05, 4.69) is 90.3 Å². The average Bonchev–Trinajstić information content (AvgIpc) is 3.09. The summed E-state index contributed by atoms with van der Waals surface area (Å²) < 4.78 is 0. The molecule has 0 amide bonds. The molecule has 0 saturated carbocycles. The molecule has 1 aromatic rings. The fourth-order valence-electron chi connectivity index (χ4n) is 7.63. The number of fused-ring (bicyclic) bond motifs is 2. The van der Waals surface area contributed by atoms with Gasteiger partial charge in [-0.05, 0) is 70.3 Å². The molecule has 7 nitrogen and oxygen atoms in total. The SMILES string of the molecule is CC(=O)O.CC1C(C)(C)C2=C(C(=O)CCC2)C1(C)C.CC1C(C)(C)C2=C(c3ncncc3CC2)C1(C)C.NC=[NH2+]. The third-order valence-electron chi connectivity index (χ3n) is 10.6. The highest BCUT2D eigenvalue weighted by atomic mass is 16.4. The maximum atomic E-state index is 12.1. The van der Waals surface area contributed by atoms with E-state index in [-0.39, 0.29) is 16.2 Å². The summed E-state index contributed by atoms with van der Waals surface area (Å²) in [6, 6.07) is 0. The van der Waals surface area contributed by atoms with Gasteiger partial charge in [0.2, 0.25) is 6.34 Å². The Bertz CT molecular complexity index is 1200. The lowest BCUT2D eigenvalue weighted by Gasteiger charge is -2.34. The number of aryl methyl sites for hydroxylation is 1. The highest BCUT2D eigenvalue weighted by molar-refractivity contribution is 5.99. The fourth-order valence-corrected chi connectivity index (χ4v) is 7.63. The first kappa shape index (κ1) is 33.4. The van der Waals surface area contributed by atoms with E-state index < -0.39 is 5.97 Å². The minimum absolute atomic E-state index is 0.0797. The Kier molecular flexibility index (Phi) is 9.98. The van der Waals surface area contributed by atoms with Crippen molar-refractivity contribution in [1.82, 2.24) is 9.97 Å². The molecule has 4 aliphatic carbocycles. The average molecular weight is 554 g/mol. The summed E-state index contributed by atoms with van der Waals surface area (Å²) in [5.74, 6) is 0.798. The van der Waals surface area contributed by atoms with E-state index in [0.717, 1.165) is 38.9 Å². The first-order chi connectivity index (χ1) is 18.3. The van der Waals surface area contributed by atoms with Gasteiger partial charge in [-0.15, -0.1) is 0 Å². The molecule has 7 heteroatoms. The second-order valence-electron chi connectivity index (χ2n) is 13.9. The topological polar surface area (TPSA) is 132 Å². The van der Waals surface area contributed by atoms with E-state index in [9.17, 15) is 4.79 Å². The van der Waals surface area contributed by atoms with Gasteiger partial charge in [-0.2, -0.15) is 0 Å². The Morgan fingerprint density at radius 1 is 0.900 bits per heavy atom. The molecule has 5 N–H and O–H groups in total. The van der Waals surface area contributed by atoms with Crippen molar-refractivity contribution in [2.45, 2.75) is 108 Å². The van der Waals surface area contributed by atoms with Crippen molar-refractivity contribution in [3.05, 3.63) is 40.5 Å². The molecular weight excluding hydrogens is 500 g/mol. The number of hydrogen-bond acceptors (Lipinski definition) is 4. The van der Waals surface area contributed by atoms with Gasteiger partial charge < -0.3 is 5.11 Å². The number of allylic oxidation sites excluding steroid dienone is 4. The predicted molar refractivity (Wildman–Crippen MR) is 162 cm³/mol. The minimum Gasteiger partial charge on any atom is -0.481 e. The number of Topliss-reactive ketones (excluding diaryl/α,β-unsaturated/α-hetero) is 1. The Hall–Kier alpha value is -2.83. The number of carboxylic acids is 1. The molecule has 1 aromatic heterocycles. The molecule has 0 saturated heterocycles. The minimum atomic E-state index is -0.833. The van der Waals surface area contributed by atoms with Crippen LogP contribution in [0.4, 0.5) is 0 Å². The smallest absolute Gasteiger partial charge is 0.300 e. The number of hydrogen-bond donors (Lipinski definition) is 3. The second kappa shape index (κ2) is 12.0. The predicted octanol–water partition coefficient (Wildman–Crippen LogP) is 5.44. The number of nitrogens with zero attached hydrogens (tertiary/aromatic N) is 2. The number of ketones is 1. The number of rotatable bonds is 0. The van der Waals surface area contributed by atoms with Crippen molar-refractivity contribution in [2.75, 3.05) is 0 Å². The summed E-state index contributed by atoms with van der Waals surface area (Å²) in [6.45, 7) is 24.4. The first-order valence-corrected chi connectivity index (χ1v) is 14.6. The lowest BCUT2D eigenvalue weighted by Crippen LogP contribution is -2.33. The van der Waals surface area contributed by atoms with Crippen LogP contribution in [0.15, 0.2) is 29.2 Å². The zero-order chi connectivity index (χ0) is 30.8. The third-order valence-corrected chi connectivity index (χ3v) is 10.6. The van der Waals surface area contributed by atoms with Gasteiger partial charge in [0, 0.05) is 25.1 Å². The summed E-state index contributed by atoms with van der Waals surface area (Å²) in [4.78, 5) is 29.8. The summed E-state index contributed by atoms with van der Waals surface area (Å²) in [7, 11) is 0. The van der Waals surface area contributed by atoms with Crippen LogP contribution in [0.5, 0.6) is 0 Å². The van der Waals surface area contributed by atoms with Gasteiger partial charge in [0.25, 0.3) is 5.97 Å². The van der Waals surface area contributed by atoms with Gasteiger partial charge in [-0.1, -0.05) is 80.4 Å². The molecule has 0 spiro atoms. The summed E-state index contributed by atoms with van der Waals surface area (Å²) in [6.07, 6.45) is 9.94. The quantitative estimate of drug-likeness (QED) is 0.290. The van der Waals surface area contributed by atoms with E-state index in [0.29, 0.717) is 23.0 Å². The molecule has 2 unspecified atom stereocenters. The molecule has 222 valence electrons. The van der Waals surface area contributed by atoms with Crippen molar-refractivity contribution in [3.8, 4) is 0 Å². The van der Waals surface area contributed by atoms with Crippen LogP contribution in [0, 0.1) is 33.5 Å². The first-order valence-electron chi connectivity index (χ1n) is 14.6. The van der Waals surface area contributed by atoms with Gasteiger partial charge in [-0.25, -0.2) is 9.97 Å². The van der Waals surface area contributed by atoms with Crippen molar-refractivity contribution < 1.29 is 20.1 Å². The number of aliphatic carboxylic acids is 1. The maximum absolute atomic E-state index is 12.1. The van der Waals surface area contributed by atoms with Crippen LogP contribution in [-0.4, -0.2) is 33.2 Å². The second-order valence-corrected chi connectivity index (χ2v) is 13.9. The highest BCUT2D eigenvalue weighted by Crippen LogP contribution is 2.63. The fraction of sp³-hybridized carbons (Fsp3) is 0.667. The largest absolute Gasteiger partial charge is 0.481 e. The Balaban J connectivity index is 0.000000230. The van der Waals surface area contributed by atoms with Crippen LogP contribution < -0.4 is 11.1 Å². The van der Waals surface area contributed by atoms with Gasteiger partial charge in [0.1, 0.15) is 6.33 Å². The van der Waals surface area contributed by atoms with Gasteiger partial charge in [-0.3, -0.25) is 20.7 Å². The Labute approximate surface area is 241 Å². The number of carboxylic acid groups (broad SMARTS) is 1. The molecule has 0 fully saturated rings. The number of nitrogens with two attached hydrogens (primary N) is 2. The molecule has 5 rings (SSSR count). The molecule has 1 heterocycles. The molecule has 0 aliphatic heterocycles. The molecule has 40 heavy (non-hydrogen) atoms. The molecule has 2 atom stereocenters. The molecular formula is C33H53N4O3+. The lowest BCUT2D eigenvalue weighted by molar-refractivity contribution is -0.134. The van der Waals surface area contributed by atoms with Crippen molar-refractivity contribution in [3.63, 3.8) is 0 Å². The highest BCUT2D eigenvalue weighted by Gasteiger charge is 2.53. The molecule has 0 radical (unpaired) electrons. The number of aromatic nitrogens is 2. The zero-order valence-corrected chi connectivity index (χ0v) is 26.7. The number of carbonyl (C=O) groups excluding carboxylic acids is 1. The summed E-state index contributed by atoms with van der Waals surface area (Å²) >= 11 is 0. The van der Waals surface area contributed by atoms with E-state index in [1.165, 1.54) is 34.4 Å². The number of carbonyl (C=O) groups is 2. The van der Waals surface area contributed by atoms with Crippen LogP contribution in [0.25, 0.3) is 5.57 Å². The summed E-state index contributed by atoms with van der Waals surface area (Å²) in [5, 5.41) is 11.9. The standard InChI is InChI=1S/C16H22N2.C14H22O.C2H4O2.CH4N2/c1-10-15(2,3)12-7-6-11-8-17-9-18-14(11)13(12)16(10,4)5;1-9-13(2,3)10-7-6-8-11(15)12(10)14(9,4)5;1-2(3)4;2-1-3/h8-10H,6-7H2,1-5H3;9H,6-8H2,1-5H3;1H3,(H,3,4);1H,(H3,2,3)/p+1. The van der Waals surface area contributed by atoms with Crippen LogP contribution >= 0.6 is 0 Å². The van der Waals surface area contributed by atoms with Crippen molar-refractivity contribution >= 4 is 23.7 Å². The van der Waals surface area contributed by atoms with Gasteiger partial charge in [0.05, 0.1) is 5.69 Å². The van der Waals surface area contributed by atoms with Crippen LogP contribution in [-0.2, 0) is 16.0 Å². The summed E-state index contributed by atoms with van der Waals surface area (Å²) in [5.41, 5.74) is 13.6. The van der Waals surface area contributed by atoms with Gasteiger partial charge >= 0.3 is 0 Å². The normalized spacial score (nSPS) is 25.9. The van der Waals surface area contributed by atoms with Crippen LogP contribution in [0.2, 0.25) is 0 Å². The van der Waals surface area contributed by atoms with Crippen molar-refractivity contribution in [2.24, 2.45) is 39.2 Å².